The van der Waals surface area contributed by atoms with Crippen LogP contribution in [0.2, 0.25) is 0 Å². The number of likely N-dealkylation sites (N-methyl/N-ethyl adjacent to an activating group) is 1. The van der Waals surface area contributed by atoms with Crippen LogP contribution in [0, 0.1) is 0 Å². The average molecular weight is 233 g/mol. The first-order valence-electron chi connectivity index (χ1n) is 5.44. The van der Waals surface area contributed by atoms with Gasteiger partial charge in [-0.1, -0.05) is 24.3 Å². The number of nitrogens with two attached hydrogens (primary N) is 1. The first-order chi connectivity index (χ1) is 8.11. The Kier molecular flexibility index (Phi) is 3.10. The Morgan fingerprint density at radius 2 is 2.24 bits per heavy atom. The summed E-state index contributed by atoms with van der Waals surface area (Å²) in [6, 6.07) is 6.24. The van der Waals surface area contributed by atoms with Gasteiger partial charge in [0.1, 0.15) is 11.9 Å². The molecule has 0 amide bonds. The molecule has 0 radical (unpaired) electrons. The number of benzene rings is 1. The molecular formula is C12H15N3O2. The highest BCUT2D eigenvalue weighted by atomic mass is 16.4. The standard InChI is InChI=1S/C12H15N3O2/c1-15-7-6-14-11(15)9-5-3-2-4-8(9)10(13)12(16)17/h2-5,10H,6-7,13H2,1H3,(H,16,17). The average Bonchev–Trinajstić information content (AvgIpc) is 2.74. The molecule has 1 aliphatic heterocycles. The van der Waals surface area contributed by atoms with Gasteiger partial charge in [0.15, 0.2) is 0 Å². The highest BCUT2D eigenvalue weighted by molar-refractivity contribution is 6.02. The van der Waals surface area contributed by atoms with Crippen LogP contribution >= 0.6 is 0 Å². The zero-order valence-electron chi connectivity index (χ0n) is 9.63. The van der Waals surface area contributed by atoms with Crippen LogP contribution in [0.25, 0.3) is 0 Å². The normalized spacial score (nSPS) is 16.8. The minimum absolute atomic E-state index is 0.604. The predicted octanol–water partition coefficient (Wildman–Crippen LogP) is 0.463. The van der Waals surface area contributed by atoms with Crippen LogP contribution < -0.4 is 5.73 Å². The smallest absolute Gasteiger partial charge is 0.325 e. The monoisotopic (exact) mass is 233 g/mol. The number of aliphatic imine (C=N–C) groups is 1. The van der Waals surface area contributed by atoms with Gasteiger partial charge in [-0.25, -0.2) is 0 Å². The molecule has 0 fully saturated rings. The maximum absolute atomic E-state index is 11.0. The van der Waals surface area contributed by atoms with Crippen molar-refractivity contribution in [3.8, 4) is 0 Å². The molecule has 0 aliphatic carbocycles. The van der Waals surface area contributed by atoms with Crippen LogP contribution in [0.4, 0.5) is 0 Å². The van der Waals surface area contributed by atoms with E-state index in [9.17, 15) is 4.79 Å². The van der Waals surface area contributed by atoms with Gasteiger partial charge in [-0.05, 0) is 5.56 Å². The van der Waals surface area contributed by atoms with Gasteiger partial charge in [0.05, 0.1) is 6.54 Å². The quantitative estimate of drug-likeness (QED) is 0.795. The summed E-state index contributed by atoms with van der Waals surface area (Å²) in [5.74, 6) is -0.212. The van der Waals surface area contributed by atoms with Gasteiger partial charge in [-0.3, -0.25) is 9.79 Å². The Hall–Kier alpha value is -1.88. The first-order valence-corrected chi connectivity index (χ1v) is 5.44. The number of rotatable bonds is 3. The molecule has 0 saturated heterocycles. The summed E-state index contributed by atoms with van der Waals surface area (Å²) in [5.41, 5.74) is 7.09. The molecule has 1 aliphatic rings. The van der Waals surface area contributed by atoms with Gasteiger partial charge in [0.2, 0.25) is 0 Å². The van der Waals surface area contributed by atoms with Crippen molar-refractivity contribution in [1.29, 1.82) is 0 Å². The molecule has 2 rings (SSSR count). The van der Waals surface area contributed by atoms with Crippen molar-refractivity contribution in [2.45, 2.75) is 6.04 Å². The minimum Gasteiger partial charge on any atom is -0.480 e. The van der Waals surface area contributed by atoms with Crippen molar-refractivity contribution in [3.05, 3.63) is 35.4 Å². The zero-order chi connectivity index (χ0) is 12.4. The van der Waals surface area contributed by atoms with Crippen molar-refractivity contribution >= 4 is 11.8 Å². The molecule has 1 heterocycles. The summed E-state index contributed by atoms with van der Waals surface area (Å²) in [5, 5.41) is 8.99. The topological polar surface area (TPSA) is 78.9 Å². The van der Waals surface area contributed by atoms with Gasteiger partial charge in [0.25, 0.3) is 0 Å². The lowest BCUT2D eigenvalue weighted by Crippen LogP contribution is -2.28. The van der Waals surface area contributed by atoms with Crippen LogP contribution in [0.15, 0.2) is 29.3 Å². The fourth-order valence-corrected chi connectivity index (χ4v) is 1.93. The summed E-state index contributed by atoms with van der Waals surface area (Å²) in [6.45, 7) is 1.59. The number of carbonyl (C=O) groups is 1. The molecule has 3 N–H and O–H groups in total. The lowest BCUT2D eigenvalue weighted by atomic mass is 10.00. The zero-order valence-corrected chi connectivity index (χ0v) is 9.63. The fraction of sp³-hybridized carbons (Fsp3) is 0.333. The highest BCUT2D eigenvalue weighted by Gasteiger charge is 2.23. The Morgan fingerprint density at radius 3 is 2.82 bits per heavy atom. The van der Waals surface area contributed by atoms with E-state index in [0.29, 0.717) is 5.56 Å². The van der Waals surface area contributed by atoms with Crippen molar-refractivity contribution in [2.24, 2.45) is 10.7 Å². The molecule has 17 heavy (non-hydrogen) atoms. The van der Waals surface area contributed by atoms with Crippen molar-refractivity contribution in [1.82, 2.24) is 4.90 Å². The second kappa shape index (κ2) is 4.55. The molecule has 1 atom stereocenters. The second-order valence-electron chi connectivity index (χ2n) is 4.03. The minimum atomic E-state index is -1.03. The molecule has 5 nitrogen and oxygen atoms in total. The Labute approximate surface area is 99.6 Å². The molecule has 5 heteroatoms. The van der Waals surface area contributed by atoms with E-state index in [0.717, 1.165) is 24.5 Å². The maximum atomic E-state index is 11.0. The lowest BCUT2D eigenvalue weighted by molar-refractivity contribution is -0.138. The lowest BCUT2D eigenvalue weighted by Gasteiger charge is -2.18. The summed E-state index contributed by atoms with van der Waals surface area (Å²) in [6.07, 6.45) is 0. The number of carboxylic acids is 1. The molecule has 90 valence electrons. The Morgan fingerprint density at radius 1 is 1.53 bits per heavy atom. The van der Waals surface area contributed by atoms with E-state index in [1.165, 1.54) is 0 Å². The number of aliphatic carboxylic acids is 1. The number of amidine groups is 1. The molecule has 0 saturated carbocycles. The van der Waals surface area contributed by atoms with Crippen LogP contribution in [0.5, 0.6) is 0 Å². The third-order valence-electron chi connectivity index (χ3n) is 2.86. The summed E-state index contributed by atoms with van der Waals surface area (Å²) < 4.78 is 0. The van der Waals surface area contributed by atoms with Gasteiger partial charge in [-0.15, -0.1) is 0 Å². The summed E-state index contributed by atoms with van der Waals surface area (Å²) in [4.78, 5) is 17.4. The molecule has 0 spiro atoms. The van der Waals surface area contributed by atoms with E-state index in [1.54, 1.807) is 12.1 Å². The van der Waals surface area contributed by atoms with Crippen molar-refractivity contribution in [3.63, 3.8) is 0 Å². The van der Waals surface area contributed by atoms with Gasteiger partial charge in [0, 0.05) is 19.2 Å². The maximum Gasteiger partial charge on any atom is 0.325 e. The summed E-state index contributed by atoms with van der Waals surface area (Å²) in [7, 11) is 1.94. The van der Waals surface area contributed by atoms with Crippen LogP contribution in [-0.4, -0.2) is 41.9 Å². The summed E-state index contributed by atoms with van der Waals surface area (Å²) >= 11 is 0. The number of carboxylic acid groups (broad SMARTS) is 1. The van der Waals surface area contributed by atoms with E-state index in [1.807, 2.05) is 24.1 Å². The molecule has 1 unspecified atom stereocenters. The Balaban J connectivity index is 2.44. The van der Waals surface area contributed by atoms with E-state index < -0.39 is 12.0 Å². The molecule has 1 aromatic rings. The first kappa shape index (κ1) is 11.6. The van der Waals surface area contributed by atoms with Crippen molar-refractivity contribution < 1.29 is 9.90 Å². The van der Waals surface area contributed by atoms with Crippen LogP contribution in [0.1, 0.15) is 17.2 Å². The molecule has 0 aromatic heterocycles. The van der Waals surface area contributed by atoms with Crippen molar-refractivity contribution in [2.75, 3.05) is 20.1 Å². The van der Waals surface area contributed by atoms with Crippen LogP contribution in [-0.2, 0) is 4.79 Å². The number of nitrogens with zero attached hydrogens (tertiary/aromatic N) is 2. The fourth-order valence-electron chi connectivity index (χ4n) is 1.93. The van der Waals surface area contributed by atoms with E-state index in [-0.39, 0.29) is 0 Å². The molecule has 0 bridgehead atoms. The van der Waals surface area contributed by atoms with Gasteiger partial charge in [-0.2, -0.15) is 0 Å². The highest BCUT2D eigenvalue weighted by Crippen LogP contribution is 2.20. The van der Waals surface area contributed by atoms with Gasteiger partial charge < -0.3 is 15.7 Å². The van der Waals surface area contributed by atoms with E-state index in [4.69, 9.17) is 10.8 Å². The molecule has 1 aromatic carbocycles. The third-order valence-corrected chi connectivity index (χ3v) is 2.86. The van der Waals surface area contributed by atoms with E-state index >= 15 is 0 Å². The van der Waals surface area contributed by atoms with Crippen LogP contribution in [0.3, 0.4) is 0 Å². The Bertz CT molecular complexity index is 471. The number of hydrogen-bond acceptors (Lipinski definition) is 4. The SMILES string of the molecule is CN1CCN=C1c1ccccc1C(N)C(=O)O. The largest absolute Gasteiger partial charge is 0.480 e. The number of hydrogen-bond donors (Lipinski definition) is 2. The van der Waals surface area contributed by atoms with E-state index in [2.05, 4.69) is 4.99 Å². The third kappa shape index (κ3) is 2.14. The van der Waals surface area contributed by atoms with Gasteiger partial charge >= 0.3 is 5.97 Å². The predicted molar refractivity (Wildman–Crippen MR) is 65.0 cm³/mol. The second-order valence-corrected chi connectivity index (χ2v) is 4.03. The molecular weight excluding hydrogens is 218 g/mol.